The number of thioether (sulfide) groups is 1. The van der Waals surface area contributed by atoms with Crippen molar-refractivity contribution in [3.05, 3.63) is 28.8 Å². The SMILES string of the molecule is CC(CCO)Sc1ccc(CN)c(Cl)c1. The van der Waals surface area contributed by atoms with Crippen molar-refractivity contribution in [1.29, 1.82) is 0 Å². The number of aliphatic hydroxyl groups excluding tert-OH is 1. The van der Waals surface area contributed by atoms with Crippen LogP contribution < -0.4 is 5.73 Å². The first-order valence-electron chi connectivity index (χ1n) is 4.93. The van der Waals surface area contributed by atoms with Gasteiger partial charge in [0.1, 0.15) is 0 Å². The van der Waals surface area contributed by atoms with E-state index in [1.807, 2.05) is 18.2 Å². The highest BCUT2D eigenvalue weighted by atomic mass is 35.5. The zero-order chi connectivity index (χ0) is 11.3. The van der Waals surface area contributed by atoms with E-state index >= 15 is 0 Å². The maximum absolute atomic E-state index is 8.80. The van der Waals surface area contributed by atoms with Gasteiger partial charge in [0.05, 0.1) is 0 Å². The van der Waals surface area contributed by atoms with Crippen LogP contribution in [0, 0.1) is 0 Å². The van der Waals surface area contributed by atoms with Gasteiger partial charge in [0.15, 0.2) is 0 Å². The molecular weight excluding hydrogens is 230 g/mol. The fourth-order valence-corrected chi connectivity index (χ4v) is 2.58. The van der Waals surface area contributed by atoms with Crippen LogP contribution in [0.1, 0.15) is 18.9 Å². The topological polar surface area (TPSA) is 46.2 Å². The summed E-state index contributed by atoms with van der Waals surface area (Å²) in [7, 11) is 0. The molecule has 0 bridgehead atoms. The number of aliphatic hydroxyl groups is 1. The monoisotopic (exact) mass is 245 g/mol. The average molecular weight is 246 g/mol. The Bertz CT molecular complexity index is 319. The van der Waals surface area contributed by atoms with Gasteiger partial charge in [0.25, 0.3) is 0 Å². The van der Waals surface area contributed by atoms with Crippen molar-refractivity contribution >= 4 is 23.4 Å². The molecule has 0 aliphatic carbocycles. The maximum atomic E-state index is 8.80. The molecule has 0 fully saturated rings. The second kappa shape index (κ2) is 6.38. The van der Waals surface area contributed by atoms with Gasteiger partial charge in [-0.05, 0) is 24.1 Å². The molecule has 0 aliphatic heterocycles. The van der Waals surface area contributed by atoms with E-state index in [2.05, 4.69) is 6.92 Å². The van der Waals surface area contributed by atoms with E-state index in [0.29, 0.717) is 11.8 Å². The Morgan fingerprint density at radius 1 is 1.53 bits per heavy atom. The average Bonchev–Trinajstić information content (AvgIpc) is 2.18. The first kappa shape index (κ1) is 12.8. The lowest BCUT2D eigenvalue weighted by Crippen LogP contribution is -2.00. The molecule has 15 heavy (non-hydrogen) atoms. The molecule has 0 aliphatic rings. The van der Waals surface area contributed by atoms with Crippen LogP contribution >= 0.6 is 23.4 Å². The highest BCUT2D eigenvalue weighted by Gasteiger charge is 2.05. The minimum Gasteiger partial charge on any atom is -0.396 e. The molecule has 0 amide bonds. The molecule has 0 aromatic heterocycles. The number of benzene rings is 1. The molecule has 0 radical (unpaired) electrons. The Morgan fingerprint density at radius 2 is 2.27 bits per heavy atom. The van der Waals surface area contributed by atoms with Gasteiger partial charge in [-0.3, -0.25) is 0 Å². The standard InChI is InChI=1S/C11H16ClNOS/c1-8(4-5-14)15-10-3-2-9(7-13)11(12)6-10/h2-3,6,8,14H,4-5,7,13H2,1H3. The third kappa shape index (κ3) is 4.03. The number of nitrogens with two attached hydrogens (primary N) is 1. The molecule has 3 N–H and O–H groups in total. The number of hydrogen-bond acceptors (Lipinski definition) is 3. The third-order valence-corrected chi connectivity index (χ3v) is 3.63. The molecule has 0 saturated heterocycles. The zero-order valence-electron chi connectivity index (χ0n) is 8.74. The summed E-state index contributed by atoms with van der Waals surface area (Å²) in [6.07, 6.45) is 0.793. The number of hydrogen-bond donors (Lipinski definition) is 2. The smallest absolute Gasteiger partial charge is 0.0462 e. The fourth-order valence-electron chi connectivity index (χ4n) is 1.24. The van der Waals surface area contributed by atoms with Crippen molar-refractivity contribution in [2.75, 3.05) is 6.61 Å². The minimum absolute atomic E-state index is 0.225. The summed E-state index contributed by atoms with van der Waals surface area (Å²) >= 11 is 7.76. The van der Waals surface area contributed by atoms with Crippen molar-refractivity contribution in [1.82, 2.24) is 0 Å². The van der Waals surface area contributed by atoms with E-state index in [4.69, 9.17) is 22.4 Å². The van der Waals surface area contributed by atoms with E-state index in [-0.39, 0.29) is 6.61 Å². The molecular formula is C11H16ClNOS. The lowest BCUT2D eigenvalue weighted by molar-refractivity contribution is 0.289. The Kier molecular flexibility index (Phi) is 5.47. The zero-order valence-corrected chi connectivity index (χ0v) is 10.3. The summed E-state index contributed by atoms with van der Waals surface area (Å²) in [6, 6.07) is 5.91. The van der Waals surface area contributed by atoms with E-state index < -0.39 is 0 Å². The molecule has 0 spiro atoms. The summed E-state index contributed by atoms with van der Waals surface area (Å²) in [6.45, 7) is 2.78. The summed E-state index contributed by atoms with van der Waals surface area (Å²) in [4.78, 5) is 1.12. The Hall–Kier alpha value is -0.220. The van der Waals surface area contributed by atoms with E-state index in [9.17, 15) is 0 Å². The molecule has 2 nitrogen and oxygen atoms in total. The Labute approximate surface area is 99.8 Å². The molecule has 0 heterocycles. The highest BCUT2D eigenvalue weighted by molar-refractivity contribution is 7.99. The van der Waals surface area contributed by atoms with E-state index in [0.717, 1.165) is 21.9 Å². The van der Waals surface area contributed by atoms with E-state index in [1.54, 1.807) is 11.8 Å². The summed E-state index contributed by atoms with van der Waals surface area (Å²) in [5.74, 6) is 0. The molecule has 84 valence electrons. The highest BCUT2D eigenvalue weighted by Crippen LogP contribution is 2.28. The second-order valence-corrected chi connectivity index (χ2v) is 5.32. The van der Waals surface area contributed by atoms with Gasteiger partial charge in [-0.1, -0.05) is 24.6 Å². The van der Waals surface area contributed by atoms with Crippen LogP contribution in [0.2, 0.25) is 5.02 Å². The molecule has 1 unspecified atom stereocenters. The Morgan fingerprint density at radius 3 is 2.80 bits per heavy atom. The lowest BCUT2D eigenvalue weighted by Gasteiger charge is -2.10. The summed E-state index contributed by atoms with van der Waals surface area (Å²) in [5, 5.41) is 9.91. The summed E-state index contributed by atoms with van der Waals surface area (Å²) < 4.78 is 0. The molecule has 1 atom stereocenters. The molecule has 4 heteroatoms. The first-order valence-corrected chi connectivity index (χ1v) is 6.19. The van der Waals surface area contributed by atoms with Gasteiger partial charge in [-0.2, -0.15) is 0 Å². The predicted molar refractivity (Wildman–Crippen MR) is 66.4 cm³/mol. The van der Waals surface area contributed by atoms with Gasteiger partial charge in [0.2, 0.25) is 0 Å². The van der Waals surface area contributed by atoms with Gasteiger partial charge in [-0.25, -0.2) is 0 Å². The van der Waals surface area contributed by atoms with Crippen LogP contribution in [0.15, 0.2) is 23.1 Å². The minimum atomic E-state index is 0.225. The predicted octanol–water partition coefficient (Wildman–Crippen LogP) is 2.66. The first-order chi connectivity index (χ1) is 7.17. The fraction of sp³-hybridized carbons (Fsp3) is 0.455. The number of halogens is 1. The van der Waals surface area contributed by atoms with Crippen LogP contribution in [0.5, 0.6) is 0 Å². The molecule has 1 aromatic carbocycles. The van der Waals surface area contributed by atoms with Gasteiger partial charge >= 0.3 is 0 Å². The van der Waals surface area contributed by atoms with Gasteiger partial charge in [0, 0.05) is 28.3 Å². The van der Waals surface area contributed by atoms with E-state index in [1.165, 1.54) is 0 Å². The quantitative estimate of drug-likeness (QED) is 0.784. The summed E-state index contributed by atoms with van der Waals surface area (Å²) in [5.41, 5.74) is 6.49. The number of rotatable bonds is 5. The second-order valence-electron chi connectivity index (χ2n) is 3.40. The maximum Gasteiger partial charge on any atom is 0.0462 e. The van der Waals surface area contributed by atoms with Crippen molar-refractivity contribution in [2.45, 2.75) is 30.0 Å². The largest absolute Gasteiger partial charge is 0.396 e. The molecule has 1 aromatic rings. The lowest BCUT2D eigenvalue weighted by atomic mass is 10.2. The van der Waals surface area contributed by atoms with Crippen LogP contribution in [0.3, 0.4) is 0 Å². The normalized spacial score (nSPS) is 12.8. The van der Waals surface area contributed by atoms with Crippen molar-refractivity contribution in [3.63, 3.8) is 0 Å². The molecule has 0 saturated carbocycles. The van der Waals surface area contributed by atoms with Gasteiger partial charge < -0.3 is 10.8 Å². The molecule has 1 rings (SSSR count). The Balaban J connectivity index is 2.66. The van der Waals surface area contributed by atoms with Crippen molar-refractivity contribution < 1.29 is 5.11 Å². The van der Waals surface area contributed by atoms with Crippen LogP contribution in [0.4, 0.5) is 0 Å². The van der Waals surface area contributed by atoms with Gasteiger partial charge in [-0.15, -0.1) is 11.8 Å². The third-order valence-electron chi connectivity index (χ3n) is 2.12. The van der Waals surface area contributed by atoms with Crippen molar-refractivity contribution in [2.24, 2.45) is 5.73 Å². The van der Waals surface area contributed by atoms with Crippen LogP contribution in [-0.4, -0.2) is 17.0 Å². The van der Waals surface area contributed by atoms with Crippen LogP contribution in [0.25, 0.3) is 0 Å². The van der Waals surface area contributed by atoms with Crippen LogP contribution in [-0.2, 0) is 6.54 Å². The van der Waals surface area contributed by atoms with Crippen molar-refractivity contribution in [3.8, 4) is 0 Å².